The van der Waals surface area contributed by atoms with Crippen LogP contribution in [-0.2, 0) is 27.1 Å². The van der Waals surface area contributed by atoms with Crippen LogP contribution in [0.1, 0.15) is 24.0 Å². The molecule has 0 fully saturated rings. The first-order valence-corrected chi connectivity index (χ1v) is 13.2. The van der Waals surface area contributed by atoms with Crippen LogP contribution < -0.4 is 14.5 Å². The molecule has 40 heavy (non-hydrogen) atoms. The van der Waals surface area contributed by atoms with Gasteiger partial charge in [0.25, 0.3) is 10.0 Å². The van der Waals surface area contributed by atoms with E-state index in [9.17, 15) is 34.8 Å². The SMILES string of the molecule is O=S(=O)(c1cccc(C(F)(F)F)c1)N1CC(CCC2=NNCO2)Oc2ccc(-c3cncc(C(F)(F)F)c3)cc21. The molecule has 212 valence electrons. The zero-order valence-electron chi connectivity index (χ0n) is 20.3. The van der Waals surface area contributed by atoms with E-state index in [0.29, 0.717) is 24.6 Å². The molecule has 15 heteroatoms. The number of hydrogen-bond donors (Lipinski definition) is 1. The van der Waals surface area contributed by atoms with E-state index in [1.165, 1.54) is 24.4 Å². The molecule has 3 aromatic rings. The van der Waals surface area contributed by atoms with E-state index < -0.39 is 44.5 Å². The lowest BCUT2D eigenvalue weighted by molar-refractivity contribution is -0.138. The van der Waals surface area contributed by atoms with Crippen LogP contribution >= 0.6 is 0 Å². The van der Waals surface area contributed by atoms with Gasteiger partial charge in [-0.3, -0.25) is 14.7 Å². The minimum Gasteiger partial charge on any atom is -0.486 e. The van der Waals surface area contributed by atoms with Gasteiger partial charge in [-0.15, -0.1) is 5.10 Å². The Labute approximate surface area is 224 Å². The molecule has 0 radical (unpaired) electrons. The smallest absolute Gasteiger partial charge is 0.417 e. The zero-order valence-corrected chi connectivity index (χ0v) is 21.1. The van der Waals surface area contributed by atoms with Crippen LogP contribution in [0.25, 0.3) is 11.1 Å². The largest absolute Gasteiger partial charge is 0.486 e. The van der Waals surface area contributed by atoms with Crippen LogP contribution in [0.15, 0.2) is 70.9 Å². The van der Waals surface area contributed by atoms with Crippen molar-refractivity contribution >= 4 is 21.6 Å². The molecule has 0 aliphatic carbocycles. The Hall–Kier alpha value is -4.01. The third-order valence-corrected chi connectivity index (χ3v) is 8.00. The highest BCUT2D eigenvalue weighted by atomic mass is 32.2. The number of ether oxygens (including phenoxy) is 2. The average molecular weight is 587 g/mol. The number of hydrazone groups is 1. The van der Waals surface area contributed by atoms with Gasteiger partial charge >= 0.3 is 12.4 Å². The van der Waals surface area contributed by atoms with E-state index in [-0.39, 0.29) is 42.3 Å². The van der Waals surface area contributed by atoms with Gasteiger partial charge in [-0.1, -0.05) is 12.1 Å². The summed E-state index contributed by atoms with van der Waals surface area (Å²) in [5.41, 5.74) is 0.697. The topological polar surface area (TPSA) is 93.1 Å². The van der Waals surface area contributed by atoms with Gasteiger partial charge in [0.2, 0.25) is 5.90 Å². The van der Waals surface area contributed by atoms with Crippen LogP contribution in [-0.4, -0.2) is 38.7 Å². The fourth-order valence-electron chi connectivity index (χ4n) is 4.26. The number of nitrogens with zero attached hydrogens (tertiary/aromatic N) is 3. The summed E-state index contributed by atoms with van der Waals surface area (Å²) in [7, 11) is -4.57. The molecule has 3 heterocycles. The van der Waals surface area contributed by atoms with E-state index in [0.717, 1.165) is 28.6 Å². The van der Waals surface area contributed by atoms with Crippen LogP contribution in [0.2, 0.25) is 0 Å². The lowest BCUT2D eigenvalue weighted by atomic mass is 10.0. The van der Waals surface area contributed by atoms with Crippen molar-refractivity contribution in [2.45, 2.75) is 36.2 Å². The van der Waals surface area contributed by atoms with Gasteiger partial charge in [0.05, 0.1) is 28.3 Å². The summed E-state index contributed by atoms with van der Waals surface area (Å²) in [6.07, 6.45) is -7.78. The van der Waals surface area contributed by atoms with Crippen LogP contribution in [0.3, 0.4) is 0 Å². The number of aromatic nitrogens is 1. The lowest BCUT2D eigenvalue weighted by Crippen LogP contribution is -2.43. The van der Waals surface area contributed by atoms with E-state index in [1.807, 2.05) is 0 Å². The number of halogens is 6. The number of nitrogens with one attached hydrogen (secondary N) is 1. The van der Waals surface area contributed by atoms with E-state index in [1.54, 1.807) is 0 Å². The van der Waals surface area contributed by atoms with Gasteiger partial charge in [0, 0.05) is 24.4 Å². The van der Waals surface area contributed by atoms with Crippen molar-refractivity contribution in [3.8, 4) is 16.9 Å². The molecule has 1 unspecified atom stereocenters. The fourth-order valence-corrected chi connectivity index (χ4v) is 5.81. The lowest BCUT2D eigenvalue weighted by Gasteiger charge is -2.36. The second-order valence-electron chi connectivity index (χ2n) is 8.94. The molecular formula is C25H20F6N4O4S. The predicted octanol–water partition coefficient (Wildman–Crippen LogP) is 5.41. The first-order valence-electron chi connectivity index (χ1n) is 11.8. The summed E-state index contributed by atoms with van der Waals surface area (Å²) in [5, 5.41) is 3.95. The molecule has 1 N–H and O–H groups in total. The number of benzene rings is 2. The Morgan fingerprint density at radius 1 is 0.950 bits per heavy atom. The third kappa shape index (κ3) is 5.64. The molecule has 8 nitrogen and oxygen atoms in total. The quantitative estimate of drug-likeness (QED) is 0.389. The normalized spacial score (nSPS) is 17.4. The number of hydrogen-bond acceptors (Lipinski definition) is 7. The number of pyridine rings is 1. The van der Waals surface area contributed by atoms with Crippen molar-refractivity contribution in [3.05, 3.63) is 72.1 Å². The van der Waals surface area contributed by atoms with Crippen molar-refractivity contribution in [3.63, 3.8) is 0 Å². The van der Waals surface area contributed by atoms with Gasteiger partial charge in [0.1, 0.15) is 11.9 Å². The highest BCUT2D eigenvalue weighted by Gasteiger charge is 2.37. The summed E-state index contributed by atoms with van der Waals surface area (Å²) < 4.78 is 120. The summed E-state index contributed by atoms with van der Waals surface area (Å²) >= 11 is 0. The maximum absolute atomic E-state index is 13.8. The minimum absolute atomic E-state index is 0.0419. The highest BCUT2D eigenvalue weighted by molar-refractivity contribution is 7.92. The Morgan fingerprint density at radius 2 is 1.73 bits per heavy atom. The Bertz CT molecular complexity index is 1560. The minimum atomic E-state index is -4.78. The summed E-state index contributed by atoms with van der Waals surface area (Å²) in [6, 6.07) is 8.34. The van der Waals surface area contributed by atoms with Gasteiger partial charge in [-0.25, -0.2) is 8.42 Å². The summed E-state index contributed by atoms with van der Waals surface area (Å²) in [4.78, 5) is 3.04. The fraction of sp³-hybridized carbons (Fsp3) is 0.280. The number of alkyl halides is 6. The Balaban J connectivity index is 1.56. The molecule has 1 aromatic heterocycles. The number of fused-ring (bicyclic) bond motifs is 1. The van der Waals surface area contributed by atoms with E-state index in [2.05, 4.69) is 15.5 Å². The molecule has 2 aliphatic heterocycles. The Kier molecular flexibility index (Phi) is 7.02. The van der Waals surface area contributed by atoms with Crippen LogP contribution in [0.4, 0.5) is 32.0 Å². The molecule has 0 spiro atoms. The molecule has 1 atom stereocenters. The third-order valence-electron chi connectivity index (χ3n) is 6.23. The summed E-state index contributed by atoms with van der Waals surface area (Å²) in [6.45, 7) is -0.0938. The van der Waals surface area contributed by atoms with Crippen molar-refractivity contribution in [1.82, 2.24) is 10.4 Å². The maximum Gasteiger partial charge on any atom is 0.417 e. The number of anilines is 1. The van der Waals surface area contributed by atoms with Crippen LogP contribution in [0, 0.1) is 0 Å². The van der Waals surface area contributed by atoms with Crippen molar-refractivity contribution < 1.29 is 44.2 Å². The van der Waals surface area contributed by atoms with Crippen molar-refractivity contribution in [2.24, 2.45) is 5.10 Å². The first kappa shape index (κ1) is 27.6. The molecule has 0 saturated carbocycles. The van der Waals surface area contributed by atoms with Crippen molar-refractivity contribution in [2.75, 3.05) is 17.6 Å². The first-order chi connectivity index (χ1) is 18.8. The van der Waals surface area contributed by atoms with Crippen molar-refractivity contribution in [1.29, 1.82) is 0 Å². The molecule has 2 aliphatic rings. The van der Waals surface area contributed by atoms with Gasteiger partial charge in [-0.05, 0) is 48.4 Å². The second kappa shape index (κ2) is 10.2. The van der Waals surface area contributed by atoms with E-state index in [4.69, 9.17) is 9.47 Å². The molecule has 0 saturated heterocycles. The number of sulfonamides is 1. The monoisotopic (exact) mass is 586 g/mol. The predicted molar refractivity (Wildman–Crippen MR) is 131 cm³/mol. The number of rotatable bonds is 6. The van der Waals surface area contributed by atoms with Gasteiger partial charge < -0.3 is 9.47 Å². The molecular weight excluding hydrogens is 566 g/mol. The van der Waals surface area contributed by atoms with Gasteiger partial charge in [-0.2, -0.15) is 26.3 Å². The molecule has 2 aromatic carbocycles. The molecule has 5 rings (SSSR count). The van der Waals surface area contributed by atoms with E-state index >= 15 is 0 Å². The molecule has 0 bridgehead atoms. The second-order valence-corrected chi connectivity index (χ2v) is 10.8. The highest BCUT2D eigenvalue weighted by Crippen LogP contribution is 2.42. The standard InChI is InChI=1S/C25H20F6N4O4S/c26-24(27,28)17-2-1-3-20(10-17)40(36,37)35-13-19(5-7-23-34-33-14-38-23)39-22-6-4-15(9-21(22)35)16-8-18(12-32-11-16)25(29,30)31/h1-4,6,8-12,19,33H,5,7,13-14H2. The average Bonchev–Trinajstić information content (AvgIpc) is 3.44. The maximum atomic E-state index is 13.8. The van der Waals surface area contributed by atoms with Gasteiger partial charge in [0.15, 0.2) is 6.73 Å². The van der Waals surface area contributed by atoms with Crippen LogP contribution in [0.5, 0.6) is 5.75 Å². The molecule has 0 amide bonds. The Morgan fingerprint density at radius 3 is 2.42 bits per heavy atom. The zero-order chi connectivity index (χ0) is 28.7. The summed E-state index contributed by atoms with van der Waals surface area (Å²) in [5.74, 6) is 0.469.